The van der Waals surface area contributed by atoms with Gasteiger partial charge in [-0.1, -0.05) is 0 Å². The third kappa shape index (κ3) is 1.02. The average Bonchev–Trinajstić information content (AvgIpc) is 2.84. The minimum absolute atomic E-state index is 0.204. The Labute approximate surface area is 89.3 Å². The van der Waals surface area contributed by atoms with E-state index < -0.39 is 0 Å². The van der Waals surface area contributed by atoms with E-state index in [0.29, 0.717) is 0 Å². The zero-order chi connectivity index (χ0) is 9.76. The Morgan fingerprint density at radius 3 is 2.93 bits per heavy atom. The van der Waals surface area contributed by atoms with Crippen LogP contribution in [0.5, 0.6) is 0 Å². The van der Waals surface area contributed by atoms with E-state index in [-0.39, 0.29) is 5.54 Å². The lowest BCUT2D eigenvalue weighted by atomic mass is 10.2. The van der Waals surface area contributed by atoms with E-state index in [9.17, 15) is 0 Å². The molecule has 1 aliphatic rings. The minimum Gasteiger partial charge on any atom is -0.320 e. The minimum atomic E-state index is -0.204. The van der Waals surface area contributed by atoms with E-state index in [1.54, 1.807) is 12.5 Å². The molecule has 0 spiro atoms. The SMILES string of the molecule is NC1(c2nc3ccncn3c2Br)CC1. The number of hydrogen-bond acceptors (Lipinski definition) is 3. The fraction of sp³-hybridized carbons (Fsp3) is 0.333. The molecule has 5 heteroatoms. The van der Waals surface area contributed by atoms with Crippen molar-refractivity contribution in [3.8, 4) is 0 Å². The Kier molecular flexibility index (Phi) is 1.52. The van der Waals surface area contributed by atoms with Crippen molar-refractivity contribution < 1.29 is 0 Å². The summed E-state index contributed by atoms with van der Waals surface area (Å²) in [5.41, 5.74) is 7.74. The Bertz CT molecular complexity index is 500. The fourth-order valence-corrected chi connectivity index (χ4v) is 2.32. The molecule has 1 aliphatic carbocycles. The van der Waals surface area contributed by atoms with Crippen LogP contribution in [0.3, 0.4) is 0 Å². The summed E-state index contributed by atoms with van der Waals surface area (Å²) >= 11 is 3.51. The van der Waals surface area contributed by atoms with Gasteiger partial charge >= 0.3 is 0 Å². The van der Waals surface area contributed by atoms with Gasteiger partial charge in [-0.25, -0.2) is 9.97 Å². The first-order valence-electron chi connectivity index (χ1n) is 4.48. The highest BCUT2D eigenvalue weighted by atomic mass is 79.9. The van der Waals surface area contributed by atoms with Crippen molar-refractivity contribution in [2.45, 2.75) is 18.4 Å². The highest BCUT2D eigenvalue weighted by molar-refractivity contribution is 9.10. The first kappa shape index (κ1) is 8.38. The number of nitrogens with zero attached hydrogens (tertiary/aromatic N) is 3. The Balaban J connectivity index is 2.31. The zero-order valence-electron chi connectivity index (χ0n) is 7.44. The highest BCUT2D eigenvalue weighted by Crippen LogP contribution is 2.44. The summed E-state index contributed by atoms with van der Waals surface area (Å²) in [5, 5.41) is 0. The Morgan fingerprint density at radius 2 is 2.29 bits per heavy atom. The van der Waals surface area contributed by atoms with Crippen molar-refractivity contribution >= 4 is 21.6 Å². The second-order valence-electron chi connectivity index (χ2n) is 3.72. The maximum atomic E-state index is 6.11. The van der Waals surface area contributed by atoms with Gasteiger partial charge in [0.25, 0.3) is 0 Å². The second-order valence-corrected chi connectivity index (χ2v) is 4.47. The molecule has 0 amide bonds. The standard InChI is InChI=1S/C9H9BrN4/c10-8-7(9(11)2-3-9)13-6-1-4-12-5-14(6)8/h1,4-5H,2-3,11H2. The van der Waals surface area contributed by atoms with Crippen molar-refractivity contribution in [1.29, 1.82) is 0 Å². The molecule has 0 aliphatic heterocycles. The van der Waals surface area contributed by atoms with Crippen LogP contribution in [0.25, 0.3) is 5.65 Å². The van der Waals surface area contributed by atoms with E-state index >= 15 is 0 Å². The van der Waals surface area contributed by atoms with Crippen LogP contribution < -0.4 is 5.73 Å². The van der Waals surface area contributed by atoms with Crippen LogP contribution in [-0.2, 0) is 5.54 Å². The molecular formula is C9H9BrN4. The number of rotatable bonds is 1. The van der Waals surface area contributed by atoms with Gasteiger partial charge in [-0.15, -0.1) is 0 Å². The van der Waals surface area contributed by atoms with Crippen LogP contribution in [0.2, 0.25) is 0 Å². The first-order valence-corrected chi connectivity index (χ1v) is 5.27. The number of aromatic nitrogens is 3. The number of halogens is 1. The van der Waals surface area contributed by atoms with Gasteiger partial charge < -0.3 is 5.73 Å². The van der Waals surface area contributed by atoms with Crippen LogP contribution in [0, 0.1) is 0 Å². The highest BCUT2D eigenvalue weighted by Gasteiger charge is 2.44. The topological polar surface area (TPSA) is 56.2 Å². The van der Waals surface area contributed by atoms with Crippen LogP contribution in [0.1, 0.15) is 18.5 Å². The molecule has 14 heavy (non-hydrogen) atoms. The first-order chi connectivity index (χ1) is 6.71. The van der Waals surface area contributed by atoms with Crippen LogP contribution in [0.15, 0.2) is 23.2 Å². The largest absolute Gasteiger partial charge is 0.320 e. The number of fused-ring (bicyclic) bond motifs is 1. The van der Waals surface area contributed by atoms with Gasteiger partial charge in [0.1, 0.15) is 16.6 Å². The molecule has 0 radical (unpaired) electrons. The lowest BCUT2D eigenvalue weighted by Crippen LogP contribution is -2.19. The van der Waals surface area contributed by atoms with E-state index in [1.807, 2.05) is 10.5 Å². The molecule has 0 aromatic carbocycles. The molecule has 0 unspecified atom stereocenters. The van der Waals surface area contributed by atoms with Crippen molar-refractivity contribution in [3.63, 3.8) is 0 Å². The van der Waals surface area contributed by atoms with Gasteiger partial charge in [-0.3, -0.25) is 4.40 Å². The molecule has 0 saturated heterocycles. The van der Waals surface area contributed by atoms with Crippen LogP contribution >= 0.6 is 15.9 Å². The fourth-order valence-electron chi connectivity index (χ4n) is 1.56. The molecular weight excluding hydrogens is 244 g/mol. The monoisotopic (exact) mass is 252 g/mol. The van der Waals surface area contributed by atoms with Gasteiger partial charge in [0.05, 0.1) is 11.2 Å². The molecule has 0 bridgehead atoms. The number of nitrogens with two attached hydrogens (primary N) is 1. The summed E-state index contributed by atoms with van der Waals surface area (Å²) in [6.45, 7) is 0. The Morgan fingerprint density at radius 1 is 1.50 bits per heavy atom. The summed E-state index contributed by atoms with van der Waals surface area (Å²) in [6, 6.07) is 1.88. The molecule has 0 atom stereocenters. The molecule has 1 saturated carbocycles. The molecule has 72 valence electrons. The van der Waals surface area contributed by atoms with E-state index in [1.165, 1.54) is 0 Å². The summed E-state index contributed by atoms with van der Waals surface area (Å²) in [6.07, 6.45) is 5.50. The van der Waals surface area contributed by atoms with Crippen LogP contribution in [-0.4, -0.2) is 14.4 Å². The van der Waals surface area contributed by atoms with Gasteiger partial charge in [0.15, 0.2) is 0 Å². The summed E-state index contributed by atoms with van der Waals surface area (Å²) in [7, 11) is 0. The van der Waals surface area contributed by atoms with Crippen molar-refractivity contribution in [2.24, 2.45) is 5.73 Å². The average molecular weight is 253 g/mol. The van der Waals surface area contributed by atoms with E-state index in [4.69, 9.17) is 5.73 Å². The predicted octanol–water partition coefficient (Wildman–Crippen LogP) is 1.44. The van der Waals surface area contributed by atoms with Crippen LogP contribution in [0.4, 0.5) is 0 Å². The molecule has 2 aromatic heterocycles. The summed E-state index contributed by atoms with van der Waals surface area (Å²) < 4.78 is 2.84. The van der Waals surface area contributed by atoms with E-state index in [2.05, 4.69) is 25.9 Å². The summed E-state index contributed by atoms with van der Waals surface area (Å²) in [5.74, 6) is 0. The maximum Gasteiger partial charge on any atom is 0.140 e. The lowest BCUT2D eigenvalue weighted by molar-refractivity contribution is 0.709. The van der Waals surface area contributed by atoms with E-state index in [0.717, 1.165) is 28.8 Å². The molecule has 2 aromatic rings. The lowest BCUT2D eigenvalue weighted by Gasteiger charge is -2.03. The predicted molar refractivity (Wildman–Crippen MR) is 55.8 cm³/mol. The van der Waals surface area contributed by atoms with Gasteiger partial charge in [-0.2, -0.15) is 0 Å². The van der Waals surface area contributed by atoms with Gasteiger partial charge in [0, 0.05) is 6.20 Å². The number of imidazole rings is 1. The molecule has 1 fully saturated rings. The normalized spacial score (nSPS) is 18.7. The molecule has 3 rings (SSSR count). The maximum absolute atomic E-state index is 6.11. The summed E-state index contributed by atoms with van der Waals surface area (Å²) in [4.78, 5) is 8.54. The second kappa shape index (κ2) is 2.55. The van der Waals surface area contributed by atoms with Crippen molar-refractivity contribution in [1.82, 2.24) is 14.4 Å². The third-order valence-corrected chi connectivity index (χ3v) is 3.39. The molecule has 2 N–H and O–H groups in total. The number of hydrogen-bond donors (Lipinski definition) is 1. The molecule has 2 heterocycles. The Hall–Kier alpha value is -0.940. The van der Waals surface area contributed by atoms with Gasteiger partial charge in [0.2, 0.25) is 0 Å². The van der Waals surface area contributed by atoms with Crippen molar-refractivity contribution in [3.05, 3.63) is 28.9 Å². The smallest absolute Gasteiger partial charge is 0.140 e. The quantitative estimate of drug-likeness (QED) is 0.836. The third-order valence-electron chi connectivity index (χ3n) is 2.63. The van der Waals surface area contributed by atoms with Crippen molar-refractivity contribution in [2.75, 3.05) is 0 Å². The molecule has 4 nitrogen and oxygen atoms in total. The zero-order valence-corrected chi connectivity index (χ0v) is 9.03. The van der Waals surface area contributed by atoms with Gasteiger partial charge in [-0.05, 0) is 34.8 Å².